The third-order valence-corrected chi connectivity index (χ3v) is 4.26. The van der Waals surface area contributed by atoms with Gasteiger partial charge in [0.25, 0.3) is 0 Å². The van der Waals surface area contributed by atoms with Crippen LogP contribution in [0.5, 0.6) is 0 Å². The van der Waals surface area contributed by atoms with Gasteiger partial charge < -0.3 is 4.90 Å². The Morgan fingerprint density at radius 2 is 1.94 bits per heavy atom. The molecular formula is C15H27N3. The van der Waals surface area contributed by atoms with Crippen LogP contribution >= 0.6 is 0 Å². The number of nitrogens with one attached hydrogen (secondary N) is 1. The van der Waals surface area contributed by atoms with Crippen LogP contribution in [0, 0.1) is 17.2 Å². The molecule has 1 N–H and O–H groups in total. The minimum Gasteiger partial charge on any atom is -0.306 e. The first kappa shape index (κ1) is 13.8. The van der Waals surface area contributed by atoms with Crippen LogP contribution in [0.2, 0.25) is 0 Å². The van der Waals surface area contributed by atoms with Crippen molar-refractivity contribution < 1.29 is 0 Å². The van der Waals surface area contributed by atoms with Gasteiger partial charge in [0.2, 0.25) is 0 Å². The lowest BCUT2D eigenvalue weighted by Crippen LogP contribution is -2.35. The van der Waals surface area contributed by atoms with Crippen molar-refractivity contribution in [2.24, 2.45) is 5.92 Å². The largest absolute Gasteiger partial charge is 0.306 e. The van der Waals surface area contributed by atoms with Crippen molar-refractivity contribution in [1.82, 2.24) is 10.2 Å². The average molecular weight is 249 g/mol. The van der Waals surface area contributed by atoms with E-state index in [-0.39, 0.29) is 6.04 Å². The fourth-order valence-electron chi connectivity index (χ4n) is 2.97. The molecule has 0 aromatic rings. The highest BCUT2D eigenvalue weighted by molar-refractivity contribution is 4.95. The quantitative estimate of drug-likeness (QED) is 0.753. The van der Waals surface area contributed by atoms with E-state index in [1.165, 1.54) is 51.5 Å². The zero-order chi connectivity index (χ0) is 12.8. The second kappa shape index (κ2) is 7.11. The molecule has 2 rings (SSSR count). The van der Waals surface area contributed by atoms with Crippen LogP contribution in [-0.4, -0.2) is 37.1 Å². The standard InChI is InChI=1S/C15H27N3/c1-18(12-13-5-3-2-4-6-13)10-9-15(11-16)17-14-7-8-14/h13-15,17H,2-10,12H2,1H3. The molecule has 0 radical (unpaired) electrons. The molecule has 2 aliphatic rings. The molecule has 2 saturated carbocycles. The van der Waals surface area contributed by atoms with E-state index in [0.29, 0.717) is 6.04 Å². The highest BCUT2D eigenvalue weighted by atomic mass is 15.1. The van der Waals surface area contributed by atoms with E-state index in [4.69, 9.17) is 5.26 Å². The van der Waals surface area contributed by atoms with E-state index in [1.807, 2.05) is 0 Å². The maximum atomic E-state index is 9.11. The molecule has 2 fully saturated rings. The van der Waals surface area contributed by atoms with Crippen molar-refractivity contribution in [3.05, 3.63) is 0 Å². The lowest BCUT2D eigenvalue weighted by atomic mass is 9.89. The molecule has 1 atom stereocenters. The molecule has 3 nitrogen and oxygen atoms in total. The van der Waals surface area contributed by atoms with E-state index in [2.05, 4.69) is 23.3 Å². The molecule has 0 heterocycles. The number of hydrogen-bond acceptors (Lipinski definition) is 3. The fourth-order valence-corrected chi connectivity index (χ4v) is 2.97. The van der Waals surface area contributed by atoms with Crippen LogP contribution in [0.3, 0.4) is 0 Å². The molecule has 0 bridgehead atoms. The Hall–Kier alpha value is -0.590. The summed E-state index contributed by atoms with van der Waals surface area (Å²) >= 11 is 0. The van der Waals surface area contributed by atoms with Crippen molar-refractivity contribution in [3.63, 3.8) is 0 Å². The third-order valence-electron chi connectivity index (χ3n) is 4.26. The zero-order valence-corrected chi connectivity index (χ0v) is 11.7. The van der Waals surface area contributed by atoms with Gasteiger partial charge in [-0.15, -0.1) is 0 Å². The minimum absolute atomic E-state index is 0.0614. The second-order valence-electron chi connectivity index (χ2n) is 6.18. The van der Waals surface area contributed by atoms with Gasteiger partial charge in [-0.2, -0.15) is 5.26 Å². The van der Waals surface area contributed by atoms with E-state index in [9.17, 15) is 0 Å². The summed E-state index contributed by atoms with van der Waals surface area (Å²) in [5.41, 5.74) is 0. The summed E-state index contributed by atoms with van der Waals surface area (Å²) in [7, 11) is 2.21. The van der Waals surface area contributed by atoms with E-state index >= 15 is 0 Å². The second-order valence-corrected chi connectivity index (χ2v) is 6.18. The van der Waals surface area contributed by atoms with Gasteiger partial charge in [-0.25, -0.2) is 0 Å². The van der Waals surface area contributed by atoms with Gasteiger partial charge in [0, 0.05) is 19.1 Å². The van der Waals surface area contributed by atoms with Gasteiger partial charge in [0.1, 0.15) is 0 Å². The molecule has 0 aromatic heterocycles. The Morgan fingerprint density at radius 3 is 2.56 bits per heavy atom. The van der Waals surface area contributed by atoms with Gasteiger partial charge in [0.05, 0.1) is 12.1 Å². The van der Waals surface area contributed by atoms with Crippen LogP contribution in [0.15, 0.2) is 0 Å². The van der Waals surface area contributed by atoms with Crippen LogP contribution in [0.1, 0.15) is 51.4 Å². The summed E-state index contributed by atoms with van der Waals surface area (Å²) in [6.45, 7) is 2.27. The summed E-state index contributed by atoms with van der Waals surface area (Å²) in [4.78, 5) is 2.43. The molecular weight excluding hydrogens is 222 g/mol. The predicted molar refractivity (Wildman–Crippen MR) is 74.2 cm³/mol. The molecule has 0 spiro atoms. The van der Waals surface area contributed by atoms with Crippen molar-refractivity contribution >= 4 is 0 Å². The normalized spacial score (nSPS) is 22.9. The third kappa shape index (κ3) is 4.96. The van der Waals surface area contributed by atoms with E-state index in [0.717, 1.165) is 18.9 Å². The summed E-state index contributed by atoms with van der Waals surface area (Å²) in [5.74, 6) is 0.903. The van der Waals surface area contributed by atoms with Crippen LogP contribution in [0.25, 0.3) is 0 Å². The van der Waals surface area contributed by atoms with Crippen LogP contribution < -0.4 is 5.32 Å². The summed E-state index contributed by atoms with van der Waals surface area (Å²) in [6.07, 6.45) is 10.6. The molecule has 0 aliphatic heterocycles. The monoisotopic (exact) mass is 249 g/mol. The van der Waals surface area contributed by atoms with Crippen molar-refractivity contribution in [3.8, 4) is 6.07 Å². The Morgan fingerprint density at radius 1 is 1.22 bits per heavy atom. The molecule has 3 heteroatoms. The van der Waals surface area contributed by atoms with Gasteiger partial charge in [-0.1, -0.05) is 19.3 Å². The molecule has 0 amide bonds. The number of nitriles is 1. The fraction of sp³-hybridized carbons (Fsp3) is 0.933. The number of nitrogens with zero attached hydrogens (tertiary/aromatic N) is 2. The lowest BCUT2D eigenvalue weighted by molar-refractivity contribution is 0.228. The van der Waals surface area contributed by atoms with E-state index in [1.54, 1.807) is 0 Å². The Labute approximate surface area is 112 Å². The van der Waals surface area contributed by atoms with E-state index < -0.39 is 0 Å². The maximum absolute atomic E-state index is 9.11. The van der Waals surface area contributed by atoms with Gasteiger partial charge >= 0.3 is 0 Å². The minimum atomic E-state index is 0.0614. The van der Waals surface area contributed by atoms with Gasteiger partial charge in [-0.3, -0.25) is 5.32 Å². The first-order valence-corrected chi connectivity index (χ1v) is 7.62. The SMILES string of the molecule is CN(CCC(C#N)NC1CC1)CC1CCCCC1. The van der Waals surface area contributed by atoms with Crippen molar-refractivity contribution in [2.45, 2.75) is 63.5 Å². The first-order chi connectivity index (χ1) is 8.78. The molecule has 0 saturated heterocycles. The predicted octanol–water partition coefficient (Wildman–Crippen LogP) is 2.53. The highest BCUT2D eigenvalue weighted by Gasteiger charge is 2.24. The van der Waals surface area contributed by atoms with Crippen LogP contribution in [-0.2, 0) is 0 Å². The van der Waals surface area contributed by atoms with Crippen molar-refractivity contribution in [1.29, 1.82) is 5.26 Å². The zero-order valence-electron chi connectivity index (χ0n) is 11.7. The molecule has 2 aliphatic carbocycles. The number of rotatable bonds is 7. The summed E-state index contributed by atoms with van der Waals surface area (Å²) in [6, 6.07) is 3.09. The van der Waals surface area contributed by atoms with Crippen LogP contribution in [0.4, 0.5) is 0 Å². The maximum Gasteiger partial charge on any atom is 0.0967 e. The van der Waals surface area contributed by atoms with Gasteiger partial charge in [-0.05, 0) is 45.1 Å². The molecule has 102 valence electrons. The Balaban J connectivity index is 1.60. The van der Waals surface area contributed by atoms with Crippen molar-refractivity contribution in [2.75, 3.05) is 20.1 Å². The number of hydrogen-bond donors (Lipinski definition) is 1. The summed E-state index contributed by atoms with van der Waals surface area (Å²) in [5, 5.41) is 12.5. The molecule has 0 aromatic carbocycles. The average Bonchev–Trinajstić information content (AvgIpc) is 3.19. The molecule has 1 unspecified atom stereocenters. The lowest BCUT2D eigenvalue weighted by Gasteiger charge is -2.27. The van der Waals surface area contributed by atoms with Gasteiger partial charge in [0.15, 0.2) is 0 Å². The Bertz CT molecular complexity index is 274. The molecule has 18 heavy (non-hydrogen) atoms. The summed E-state index contributed by atoms with van der Waals surface area (Å²) < 4.78 is 0. The smallest absolute Gasteiger partial charge is 0.0967 e. The highest BCUT2D eigenvalue weighted by Crippen LogP contribution is 2.24. The topological polar surface area (TPSA) is 39.1 Å². The Kier molecular flexibility index (Phi) is 5.46. The first-order valence-electron chi connectivity index (χ1n) is 7.62.